The third-order valence-corrected chi connectivity index (χ3v) is 5.27. The maximum Gasteiger partial charge on any atom is 0.348 e. The maximum absolute atomic E-state index is 12.8. The summed E-state index contributed by atoms with van der Waals surface area (Å²) in [6.07, 6.45) is 1.08. The highest BCUT2D eigenvalue weighted by molar-refractivity contribution is 7.20. The van der Waals surface area contributed by atoms with Gasteiger partial charge in [0.1, 0.15) is 16.3 Å². The van der Waals surface area contributed by atoms with E-state index in [-0.39, 0.29) is 24.1 Å². The first-order valence-corrected chi connectivity index (χ1v) is 9.68. The molecule has 2 heterocycles. The van der Waals surface area contributed by atoms with Crippen molar-refractivity contribution in [3.05, 3.63) is 63.0 Å². The second-order valence-electron chi connectivity index (χ2n) is 6.63. The molecule has 3 aromatic rings. The highest BCUT2D eigenvalue weighted by Crippen LogP contribution is 2.27. The molecule has 28 heavy (non-hydrogen) atoms. The number of benzene rings is 1. The quantitative estimate of drug-likeness (QED) is 0.644. The van der Waals surface area contributed by atoms with Crippen LogP contribution in [0.1, 0.15) is 34.6 Å². The average Bonchev–Trinajstić information content (AvgIpc) is 3.00. The van der Waals surface area contributed by atoms with Crippen LogP contribution in [0.15, 0.2) is 41.5 Å². The van der Waals surface area contributed by atoms with Gasteiger partial charge < -0.3 is 10.1 Å². The van der Waals surface area contributed by atoms with Gasteiger partial charge in [-0.05, 0) is 31.9 Å². The minimum atomic E-state index is -0.470. The van der Waals surface area contributed by atoms with Gasteiger partial charge in [-0.1, -0.05) is 30.3 Å². The van der Waals surface area contributed by atoms with Gasteiger partial charge in [0.25, 0.3) is 5.56 Å². The molecule has 1 N–H and O–H groups in total. The first-order valence-electron chi connectivity index (χ1n) is 8.87. The monoisotopic (exact) mass is 399 g/mol. The van der Waals surface area contributed by atoms with Crippen LogP contribution in [0.4, 0.5) is 0 Å². The number of amides is 1. The van der Waals surface area contributed by atoms with Crippen LogP contribution < -0.4 is 10.9 Å². The van der Waals surface area contributed by atoms with Gasteiger partial charge in [-0.15, -0.1) is 11.3 Å². The first kappa shape index (κ1) is 19.8. The Balaban J connectivity index is 1.80. The largest absolute Gasteiger partial charge is 0.459 e. The van der Waals surface area contributed by atoms with E-state index in [4.69, 9.17) is 4.74 Å². The van der Waals surface area contributed by atoms with E-state index in [9.17, 15) is 14.4 Å². The van der Waals surface area contributed by atoms with E-state index in [1.807, 2.05) is 30.3 Å². The van der Waals surface area contributed by atoms with E-state index in [2.05, 4.69) is 10.3 Å². The summed E-state index contributed by atoms with van der Waals surface area (Å²) in [7, 11) is 0. The molecule has 1 aromatic carbocycles. The number of carbonyl (C=O) groups is 2. The van der Waals surface area contributed by atoms with Crippen molar-refractivity contribution in [1.29, 1.82) is 0 Å². The third kappa shape index (κ3) is 4.28. The number of fused-ring (bicyclic) bond motifs is 1. The number of hydrogen-bond donors (Lipinski definition) is 1. The van der Waals surface area contributed by atoms with Crippen molar-refractivity contribution in [2.75, 3.05) is 0 Å². The van der Waals surface area contributed by atoms with E-state index < -0.39 is 5.97 Å². The maximum atomic E-state index is 12.8. The van der Waals surface area contributed by atoms with Crippen LogP contribution in [0.3, 0.4) is 0 Å². The van der Waals surface area contributed by atoms with Crippen molar-refractivity contribution in [3.8, 4) is 0 Å². The van der Waals surface area contributed by atoms with Crippen molar-refractivity contribution < 1.29 is 14.3 Å². The molecule has 0 unspecified atom stereocenters. The fourth-order valence-corrected chi connectivity index (χ4v) is 3.76. The van der Waals surface area contributed by atoms with Crippen molar-refractivity contribution in [3.63, 3.8) is 0 Å². The number of nitrogens with zero attached hydrogens (tertiary/aromatic N) is 2. The minimum absolute atomic E-state index is 0.143. The van der Waals surface area contributed by atoms with Gasteiger partial charge in [0.2, 0.25) is 5.91 Å². The molecule has 1 amide bonds. The summed E-state index contributed by atoms with van der Waals surface area (Å²) in [4.78, 5) is 42.3. The van der Waals surface area contributed by atoms with E-state index in [1.54, 1.807) is 20.8 Å². The lowest BCUT2D eigenvalue weighted by molar-refractivity contribution is -0.121. The zero-order valence-electron chi connectivity index (χ0n) is 15.9. The molecule has 0 aliphatic carbocycles. The predicted molar refractivity (Wildman–Crippen MR) is 107 cm³/mol. The highest BCUT2D eigenvalue weighted by atomic mass is 32.1. The molecular formula is C20H21N3O4S. The summed E-state index contributed by atoms with van der Waals surface area (Å²) in [5.74, 6) is -0.763. The Bertz CT molecular complexity index is 1070. The summed E-state index contributed by atoms with van der Waals surface area (Å²) in [6, 6.07) is 9.51. The van der Waals surface area contributed by atoms with Crippen molar-refractivity contribution in [1.82, 2.24) is 14.9 Å². The summed E-state index contributed by atoms with van der Waals surface area (Å²) < 4.78 is 6.48. The lowest BCUT2D eigenvalue weighted by Crippen LogP contribution is -2.32. The number of aromatic nitrogens is 2. The number of rotatable bonds is 6. The Hall–Kier alpha value is -3.00. The molecular weight excluding hydrogens is 378 g/mol. The molecule has 7 nitrogen and oxygen atoms in total. The molecule has 146 valence electrons. The number of carbonyl (C=O) groups excluding carboxylic acids is 2. The molecule has 0 saturated heterocycles. The topological polar surface area (TPSA) is 90.3 Å². The molecule has 2 aromatic heterocycles. The van der Waals surface area contributed by atoms with E-state index >= 15 is 0 Å². The zero-order chi connectivity index (χ0) is 20.3. The predicted octanol–water partition coefficient (Wildman–Crippen LogP) is 2.65. The van der Waals surface area contributed by atoms with Crippen molar-refractivity contribution in [2.24, 2.45) is 0 Å². The summed E-state index contributed by atoms with van der Waals surface area (Å²) in [5, 5.41) is 3.13. The van der Waals surface area contributed by atoms with Gasteiger partial charge in [-0.25, -0.2) is 9.78 Å². The number of aryl methyl sites for hydroxylation is 1. The first-order chi connectivity index (χ1) is 13.4. The SMILES string of the molecule is Cc1c(C(=O)OC(C)C)sc2ncn(CC(=O)NCc3ccccc3)c(=O)c12. The normalized spacial score (nSPS) is 11.0. The van der Waals surface area contributed by atoms with E-state index in [0.29, 0.717) is 27.2 Å². The van der Waals surface area contributed by atoms with Gasteiger partial charge >= 0.3 is 5.97 Å². The van der Waals surface area contributed by atoms with Gasteiger partial charge in [0.15, 0.2) is 0 Å². The lowest BCUT2D eigenvalue weighted by atomic mass is 10.2. The molecule has 0 fully saturated rings. The zero-order valence-corrected chi connectivity index (χ0v) is 16.7. The molecule has 0 saturated carbocycles. The number of ether oxygens (including phenoxy) is 1. The third-order valence-electron chi connectivity index (χ3n) is 4.09. The Morgan fingerprint density at radius 2 is 1.96 bits per heavy atom. The van der Waals surface area contributed by atoms with Crippen LogP contribution >= 0.6 is 11.3 Å². The lowest BCUT2D eigenvalue weighted by Gasteiger charge is -2.07. The number of esters is 1. The van der Waals surface area contributed by atoms with E-state index in [0.717, 1.165) is 16.9 Å². The Labute approximate surface area is 166 Å². The van der Waals surface area contributed by atoms with Crippen LogP contribution in [-0.2, 0) is 22.6 Å². The van der Waals surface area contributed by atoms with Crippen LogP contribution in [-0.4, -0.2) is 27.5 Å². The Kier molecular flexibility index (Phi) is 5.89. The molecule has 0 aliphatic heterocycles. The summed E-state index contributed by atoms with van der Waals surface area (Å²) in [6.45, 7) is 5.46. The van der Waals surface area contributed by atoms with Gasteiger partial charge in [-0.3, -0.25) is 14.2 Å². The number of nitrogens with one attached hydrogen (secondary N) is 1. The van der Waals surface area contributed by atoms with Crippen molar-refractivity contribution in [2.45, 2.75) is 40.0 Å². The minimum Gasteiger partial charge on any atom is -0.459 e. The molecule has 0 bridgehead atoms. The Morgan fingerprint density at radius 1 is 1.25 bits per heavy atom. The number of thiophene rings is 1. The number of hydrogen-bond acceptors (Lipinski definition) is 6. The molecule has 3 rings (SSSR count). The molecule has 0 atom stereocenters. The van der Waals surface area contributed by atoms with Crippen molar-refractivity contribution >= 4 is 33.4 Å². The molecule has 0 aliphatic rings. The fourth-order valence-electron chi connectivity index (χ4n) is 2.74. The molecule has 8 heteroatoms. The van der Waals surface area contributed by atoms with Crippen LogP contribution in [0, 0.1) is 6.92 Å². The smallest absolute Gasteiger partial charge is 0.348 e. The van der Waals surface area contributed by atoms with Crippen LogP contribution in [0.2, 0.25) is 0 Å². The van der Waals surface area contributed by atoms with Gasteiger partial charge in [0.05, 0.1) is 17.8 Å². The second kappa shape index (κ2) is 8.35. The average molecular weight is 399 g/mol. The van der Waals surface area contributed by atoms with Gasteiger partial charge in [-0.2, -0.15) is 0 Å². The van der Waals surface area contributed by atoms with Crippen LogP contribution in [0.25, 0.3) is 10.2 Å². The fraction of sp³-hybridized carbons (Fsp3) is 0.300. The molecule has 0 spiro atoms. The van der Waals surface area contributed by atoms with E-state index in [1.165, 1.54) is 10.9 Å². The van der Waals surface area contributed by atoms with Crippen LogP contribution in [0.5, 0.6) is 0 Å². The second-order valence-corrected chi connectivity index (χ2v) is 7.63. The summed E-state index contributed by atoms with van der Waals surface area (Å²) in [5.41, 5.74) is 1.15. The standard InChI is InChI=1S/C20H21N3O4S/c1-12(2)27-20(26)17-13(3)16-18(28-17)22-11-23(19(16)25)10-15(24)21-9-14-7-5-4-6-8-14/h4-8,11-12H,9-10H2,1-3H3,(H,21,24). The Morgan fingerprint density at radius 3 is 2.64 bits per heavy atom. The van der Waals surface area contributed by atoms with Gasteiger partial charge in [0, 0.05) is 6.54 Å². The molecule has 0 radical (unpaired) electrons. The summed E-state index contributed by atoms with van der Waals surface area (Å²) >= 11 is 1.12. The highest BCUT2D eigenvalue weighted by Gasteiger charge is 2.21.